The van der Waals surface area contributed by atoms with Crippen LogP contribution >= 0.6 is 0 Å². The van der Waals surface area contributed by atoms with Crippen LogP contribution < -0.4 is 11.5 Å². The van der Waals surface area contributed by atoms with E-state index in [0.29, 0.717) is 22.5 Å². The molecule has 0 saturated heterocycles. The van der Waals surface area contributed by atoms with Crippen LogP contribution in [0.2, 0.25) is 0 Å². The molecule has 2 unspecified atom stereocenters. The number of ether oxygens (including phenoxy) is 1. The zero-order valence-electron chi connectivity index (χ0n) is 9.83. The number of carbonyl (C=O) groups excluding carboxylic acids is 1. The number of methoxy groups -OCH3 is 1. The molecular formula is C11H15N3O4. The number of nitrogens with two attached hydrogens (primary N) is 2. The van der Waals surface area contributed by atoms with Gasteiger partial charge in [0, 0.05) is 11.1 Å². The van der Waals surface area contributed by atoms with Gasteiger partial charge in [-0.05, 0) is 12.1 Å². The van der Waals surface area contributed by atoms with Crippen molar-refractivity contribution in [2.45, 2.75) is 12.5 Å². The molecule has 1 aromatic rings. The summed E-state index contributed by atoms with van der Waals surface area (Å²) in [5.41, 5.74) is 12.8. The third-order valence-electron chi connectivity index (χ3n) is 3.01. The molecule has 0 spiro atoms. The lowest BCUT2D eigenvalue weighted by Crippen LogP contribution is -2.32. The van der Waals surface area contributed by atoms with E-state index >= 15 is 0 Å². The van der Waals surface area contributed by atoms with Gasteiger partial charge in [-0.2, -0.15) is 0 Å². The van der Waals surface area contributed by atoms with Crippen LogP contribution in [0, 0.1) is 0 Å². The number of fused-ring (bicyclic) bond motifs is 1. The lowest BCUT2D eigenvalue weighted by atomic mass is 10.1. The van der Waals surface area contributed by atoms with Gasteiger partial charge in [-0.1, -0.05) is 0 Å². The Balaban J connectivity index is 2.34. The molecule has 0 fully saturated rings. The Bertz CT molecular complexity index is 456. The number of esters is 1. The van der Waals surface area contributed by atoms with Crippen molar-refractivity contribution in [3.63, 3.8) is 0 Å². The first kappa shape index (κ1) is 12.6. The molecule has 7 nitrogen and oxygen atoms in total. The van der Waals surface area contributed by atoms with Gasteiger partial charge in [0.05, 0.1) is 18.5 Å². The Labute approximate surface area is 104 Å². The molecule has 6 N–H and O–H groups in total. The number of rotatable bonds is 2. The first-order valence-electron chi connectivity index (χ1n) is 5.33. The summed E-state index contributed by atoms with van der Waals surface area (Å²) in [6.07, 6.45) is -2.23. The molecule has 2 rings (SSSR count). The number of hydrogen-bond acceptors (Lipinski definition) is 7. The smallest absolute Gasteiger partial charge is 0.320 e. The second-order valence-electron chi connectivity index (χ2n) is 4.11. The minimum atomic E-state index is -1.11. The number of hydrogen-bond donors (Lipinski definition) is 4. The van der Waals surface area contributed by atoms with E-state index in [1.54, 1.807) is 0 Å². The predicted molar refractivity (Wildman–Crippen MR) is 63.9 cm³/mol. The molecule has 98 valence electrons. The van der Waals surface area contributed by atoms with Gasteiger partial charge in [0.2, 0.25) is 0 Å². The monoisotopic (exact) mass is 253 g/mol. The van der Waals surface area contributed by atoms with E-state index < -0.39 is 18.4 Å². The number of aliphatic hydroxyl groups is 2. The number of nitrogens with zero attached hydrogens (tertiary/aromatic N) is 1. The van der Waals surface area contributed by atoms with Crippen LogP contribution in [0.4, 0.5) is 11.4 Å². The predicted octanol–water partition coefficient (Wildman–Crippen LogP) is -0.679. The molecule has 2 atom stereocenters. The van der Waals surface area contributed by atoms with Gasteiger partial charge in [0.1, 0.15) is 19.0 Å². The molecule has 0 aliphatic carbocycles. The number of carbonyl (C=O) groups is 1. The van der Waals surface area contributed by atoms with Crippen LogP contribution in [0.3, 0.4) is 0 Å². The summed E-state index contributed by atoms with van der Waals surface area (Å²) >= 11 is 0. The van der Waals surface area contributed by atoms with Crippen molar-refractivity contribution in [2.24, 2.45) is 0 Å². The Morgan fingerprint density at radius 2 is 1.72 bits per heavy atom. The maximum Gasteiger partial charge on any atom is 0.320 e. The van der Waals surface area contributed by atoms with E-state index in [-0.39, 0.29) is 6.54 Å². The van der Waals surface area contributed by atoms with Crippen molar-refractivity contribution in [1.82, 2.24) is 4.90 Å². The van der Waals surface area contributed by atoms with Gasteiger partial charge < -0.3 is 26.4 Å². The van der Waals surface area contributed by atoms with Crippen molar-refractivity contribution in [3.05, 3.63) is 23.3 Å². The lowest BCUT2D eigenvalue weighted by Gasteiger charge is -2.22. The van der Waals surface area contributed by atoms with E-state index in [4.69, 9.17) is 11.5 Å². The van der Waals surface area contributed by atoms with Crippen LogP contribution in [0.25, 0.3) is 0 Å². The quantitative estimate of drug-likeness (QED) is 0.407. The van der Waals surface area contributed by atoms with Crippen LogP contribution in [-0.4, -0.2) is 34.7 Å². The maximum atomic E-state index is 11.2. The van der Waals surface area contributed by atoms with Crippen LogP contribution in [0.15, 0.2) is 12.1 Å². The van der Waals surface area contributed by atoms with Crippen LogP contribution in [-0.2, 0) is 9.53 Å². The fourth-order valence-electron chi connectivity index (χ4n) is 1.99. The summed E-state index contributed by atoms with van der Waals surface area (Å²) in [5.74, 6) is -0.554. The van der Waals surface area contributed by atoms with E-state index in [1.807, 2.05) is 0 Å². The summed E-state index contributed by atoms with van der Waals surface area (Å²) in [6.45, 7) is -0.229. The molecule has 0 aromatic heterocycles. The Morgan fingerprint density at radius 3 is 2.11 bits per heavy atom. The van der Waals surface area contributed by atoms with Gasteiger partial charge in [-0.25, -0.2) is 4.90 Å². The molecule has 0 radical (unpaired) electrons. The van der Waals surface area contributed by atoms with Crippen molar-refractivity contribution in [2.75, 3.05) is 25.1 Å². The molecule has 0 saturated carbocycles. The standard InChI is InChI=1S/C11H15N3O4/c1-18-9(15)4-14-10(16)5-2-7(12)8(13)3-6(5)11(14)17/h2-3,10-11,16-17H,4,12-13H2,1H3. The van der Waals surface area contributed by atoms with Gasteiger partial charge in [0.15, 0.2) is 0 Å². The molecule has 1 heterocycles. The first-order valence-corrected chi connectivity index (χ1v) is 5.33. The fourth-order valence-corrected chi connectivity index (χ4v) is 1.99. The maximum absolute atomic E-state index is 11.2. The topological polar surface area (TPSA) is 122 Å². The van der Waals surface area contributed by atoms with Crippen molar-refractivity contribution in [3.8, 4) is 0 Å². The summed E-state index contributed by atoms with van der Waals surface area (Å²) < 4.78 is 4.50. The highest BCUT2D eigenvalue weighted by Gasteiger charge is 2.38. The van der Waals surface area contributed by atoms with E-state index in [0.717, 1.165) is 0 Å². The van der Waals surface area contributed by atoms with Crippen molar-refractivity contribution < 1.29 is 19.7 Å². The average molecular weight is 253 g/mol. The normalized spacial score (nSPS) is 22.8. The van der Waals surface area contributed by atoms with Crippen LogP contribution in [0.1, 0.15) is 23.6 Å². The van der Waals surface area contributed by atoms with Crippen molar-refractivity contribution in [1.29, 1.82) is 0 Å². The molecule has 1 aromatic carbocycles. The number of aliphatic hydroxyl groups excluding tert-OH is 2. The van der Waals surface area contributed by atoms with Gasteiger partial charge in [0.25, 0.3) is 0 Å². The number of nitrogen functional groups attached to an aromatic ring is 2. The largest absolute Gasteiger partial charge is 0.468 e. The minimum absolute atomic E-state index is 0.229. The summed E-state index contributed by atoms with van der Waals surface area (Å²) in [5, 5.41) is 20.1. The molecule has 18 heavy (non-hydrogen) atoms. The van der Waals surface area contributed by atoms with Gasteiger partial charge in [-0.3, -0.25) is 4.79 Å². The summed E-state index contributed by atoms with van der Waals surface area (Å²) in [7, 11) is 1.24. The highest BCUT2D eigenvalue weighted by molar-refractivity contribution is 5.72. The SMILES string of the molecule is COC(=O)CN1C(O)c2cc(N)c(N)cc2C1O. The van der Waals surface area contributed by atoms with Crippen LogP contribution in [0.5, 0.6) is 0 Å². The van der Waals surface area contributed by atoms with Gasteiger partial charge in [-0.15, -0.1) is 0 Å². The third-order valence-corrected chi connectivity index (χ3v) is 3.01. The molecule has 0 bridgehead atoms. The second kappa shape index (κ2) is 4.45. The van der Waals surface area contributed by atoms with Gasteiger partial charge >= 0.3 is 5.97 Å². The third kappa shape index (κ3) is 1.88. The molecule has 1 aliphatic heterocycles. The zero-order valence-corrected chi connectivity index (χ0v) is 9.83. The molecule has 7 heteroatoms. The fraction of sp³-hybridized carbons (Fsp3) is 0.364. The Morgan fingerprint density at radius 1 is 1.28 bits per heavy atom. The first-order chi connectivity index (χ1) is 8.45. The molecule has 0 amide bonds. The summed E-state index contributed by atoms with van der Waals surface area (Å²) in [6, 6.07) is 2.99. The average Bonchev–Trinajstić information content (AvgIpc) is 2.55. The highest BCUT2D eigenvalue weighted by atomic mass is 16.5. The van der Waals surface area contributed by atoms with E-state index in [1.165, 1.54) is 24.1 Å². The second-order valence-corrected chi connectivity index (χ2v) is 4.11. The minimum Gasteiger partial charge on any atom is -0.468 e. The zero-order chi connectivity index (χ0) is 13.4. The molecule has 1 aliphatic rings. The Kier molecular flexibility index (Phi) is 3.12. The number of benzene rings is 1. The highest BCUT2D eigenvalue weighted by Crippen LogP contribution is 2.41. The summed E-state index contributed by atoms with van der Waals surface area (Å²) in [4.78, 5) is 12.4. The molecular weight excluding hydrogens is 238 g/mol. The van der Waals surface area contributed by atoms with Crippen molar-refractivity contribution >= 4 is 17.3 Å². The van der Waals surface area contributed by atoms with E-state index in [9.17, 15) is 15.0 Å². The Hall–Kier alpha value is -1.83. The number of anilines is 2. The lowest BCUT2D eigenvalue weighted by molar-refractivity contribution is -0.152. The van der Waals surface area contributed by atoms with E-state index in [2.05, 4.69) is 4.74 Å².